The summed E-state index contributed by atoms with van der Waals surface area (Å²) in [5.41, 5.74) is 3.09. The zero-order valence-electron chi connectivity index (χ0n) is 21.0. The van der Waals surface area contributed by atoms with Crippen molar-refractivity contribution in [2.75, 3.05) is 20.3 Å². The van der Waals surface area contributed by atoms with E-state index >= 15 is 0 Å². The largest absolute Gasteiger partial charge is 0.507 e. The number of fused-ring (bicyclic) bond motifs is 1. The van der Waals surface area contributed by atoms with Gasteiger partial charge in [-0.2, -0.15) is 0 Å². The number of nitrogens with zero attached hydrogens (tertiary/aromatic N) is 1. The summed E-state index contributed by atoms with van der Waals surface area (Å²) in [6.45, 7) is 2.68. The van der Waals surface area contributed by atoms with E-state index in [4.69, 9.17) is 21.1 Å². The number of amides is 1. The van der Waals surface area contributed by atoms with Crippen LogP contribution in [0.3, 0.4) is 0 Å². The van der Waals surface area contributed by atoms with Crippen LogP contribution in [-0.4, -0.2) is 46.9 Å². The molecule has 194 valence electrons. The van der Waals surface area contributed by atoms with Crippen LogP contribution in [0, 0.1) is 0 Å². The lowest BCUT2D eigenvalue weighted by molar-refractivity contribution is -0.139. The highest BCUT2D eigenvalue weighted by molar-refractivity contribution is 6.46. The van der Waals surface area contributed by atoms with E-state index in [0.717, 1.165) is 22.2 Å². The van der Waals surface area contributed by atoms with E-state index in [9.17, 15) is 14.7 Å². The van der Waals surface area contributed by atoms with Crippen molar-refractivity contribution in [3.8, 4) is 11.5 Å². The minimum absolute atomic E-state index is 0.0436. The zero-order chi connectivity index (χ0) is 26.8. The molecule has 2 N–H and O–H groups in total. The second-order valence-corrected chi connectivity index (χ2v) is 9.41. The molecule has 1 aliphatic rings. The van der Waals surface area contributed by atoms with E-state index in [1.54, 1.807) is 43.5 Å². The third-order valence-electron chi connectivity index (χ3n) is 6.76. The topological polar surface area (TPSA) is 91.9 Å². The Morgan fingerprint density at radius 3 is 2.42 bits per heavy atom. The number of aliphatic hydroxyl groups is 1. The second kappa shape index (κ2) is 10.6. The molecule has 0 radical (unpaired) electrons. The first-order valence-electron chi connectivity index (χ1n) is 12.3. The average molecular weight is 531 g/mol. The molecule has 0 aliphatic carbocycles. The number of ketones is 1. The predicted molar refractivity (Wildman–Crippen MR) is 147 cm³/mol. The number of hydrogen-bond donors (Lipinski definition) is 2. The van der Waals surface area contributed by atoms with Gasteiger partial charge >= 0.3 is 0 Å². The fraction of sp³-hybridized carbons (Fsp3) is 0.200. The number of nitrogens with one attached hydrogen (secondary N) is 1. The molecule has 5 rings (SSSR count). The van der Waals surface area contributed by atoms with Gasteiger partial charge < -0.3 is 24.5 Å². The Morgan fingerprint density at radius 1 is 1.03 bits per heavy atom. The van der Waals surface area contributed by atoms with Gasteiger partial charge in [0.1, 0.15) is 17.3 Å². The number of ether oxygens (including phenoxy) is 2. The van der Waals surface area contributed by atoms with Crippen LogP contribution in [0.25, 0.3) is 16.7 Å². The van der Waals surface area contributed by atoms with Gasteiger partial charge in [0, 0.05) is 34.2 Å². The van der Waals surface area contributed by atoms with Gasteiger partial charge in [-0.15, -0.1) is 0 Å². The zero-order valence-corrected chi connectivity index (χ0v) is 21.8. The first-order chi connectivity index (χ1) is 18.4. The van der Waals surface area contributed by atoms with Gasteiger partial charge in [0.25, 0.3) is 11.7 Å². The summed E-state index contributed by atoms with van der Waals surface area (Å²) in [6, 6.07) is 18.7. The van der Waals surface area contributed by atoms with Crippen molar-refractivity contribution in [3.63, 3.8) is 0 Å². The van der Waals surface area contributed by atoms with Gasteiger partial charge in [-0.25, -0.2) is 0 Å². The molecule has 1 aromatic heterocycles. The van der Waals surface area contributed by atoms with Crippen LogP contribution >= 0.6 is 11.6 Å². The number of Topliss-reactive ketones (excluding diaryl/α,β-unsaturated/α-hetero) is 1. The fourth-order valence-electron chi connectivity index (χ4n) is 4.87. The van der Waals surface area contributed by atoms with Crippen molar-refractivity contribution in [2.24, 2.45) is 0 Å². The molecule has 8 heteroatoms. The quantitative estimate of drug-likeness (QED) is 0.168. The number of methoxy groups -OCH3 is 1. The van der Waals surface area contributed by atoms with Crippen LogP contribution in [0.1, 0.15) is 29.7 Å². The van der Waals surface area contributed by atoms with Gasteiger partial charge in [0.2, 0.25) is 0 Å². The SMILES string of the molecule is CCOc1ccc(C2/C(=C(/O)c3ccc(Cl)cc3)C(=O)C(=O)N2CCc2c[nH]c3ccc(OC)cc23)cc1. The molecule has 3 aromatic carbocycles. The number of hydrogen-bond acceptors (Lipinski definition) is 5. The molecule has 4 aromatic rings. The number of carbonyl (C=O) groups is 2. The highest BCUT2D eigenvalue weighted by Gasteiger charge is 2.45. The van der Waals surface area contributed by atoms with Crippen LogP contribution < -0.4 is 9.47 Å². The van der Waals surface area contributed by atoms with Gasteiger partial charge in [-0.05, 0) is 79.1 Å². The average Bonchev–Trinajstić information content (AvgIpc) is 3.45. The number of aromatic amines is 1. The lowest BCUT2D eigenvalue weighted by Gasteiger charge is -2.25. The smallest absolute Gasteiger partial charge is 0.295 e. The van der Waals surface area contributed by atoms with E-state index in [2.05, 4.69) is 4.98 Å². The molecular weight excluding hydrogens is 504 g/mol. The highest BCUT2D eigenvalue weighted by atomic mass is 35.5. The Hall–Kier alpha value is -4.23. The summed E-state index contributed by atoms with van der Waals surface area (Å²) in [7, 11) is 1.62. The Bertz CT molecular complexity index is 1520. The number of rotatable bonds is 8. The van der Waals surface area contributed by atoms with Crippen LogP contribution in [0.2, 0.25) is 5.02 Å². The lowest BCUT2D eigenvalue weighted by Crippen LogP contribution is -2.31. The molecule has 0 bridgehead atoms. The molecule has 1 amide bonds. The van der Waals surface area contributed by atoms with E-state index in [1.165, 1.54) is 4.90 Å². The van der Waals surface area contributed by atoms with Crippen LogP contribution in [0.15, 0.2) is 78.5 Å². The number of carbonyl (C=O) groups excluding carboxylic acids is 2. The molecule has 38 heavy (non-hydrogen) atoms. The van der Waals surface area contributed by atoms with E-state index in [0.29, 0.717) is 34.9 Å². The Balaban J connectivity index is 1.54. The maximum atomic E-state index is 13.3. The number of halogens is 1. The maximum Gasteiger partial charge on any atom is 0.295 e. The maximum absolute atomic E-state index is 13.3. The molecule has 0 saturated carbocycles. The molecule has 1 aliphatic heterocycles. The first-order valence-corrected chi connectivity index (χ1v) is 12.7. The monoisotopic (exact) mass is 530 g/mol. The lowest BCUT2D eigenvalue weighted by atomic mass is 9.95. The molecule has 7 nitrogen and oxygen atoms in total. The van der Waals surface area contributed by atoms with Crippen molar-refractivity contribution < 1.29 is 24.2 Å². The number of aliphatic hydroxyl groups excluding tert-OH is 1. The normalized spacial score (nSPS) is 16.8. The first kappa shape index (κ1) is 25.4. The molecule has 2 heterocycles. The summed E-state index contributed by atoms with van der Waals surface area (Å²) >= 11 is 6.02. The highest BCUT2D eigenvalue weighted by Crippen LogP contribution is 2.40. The number of likely N-dealkylation sites (tertiary alicyclic amines) is 1. The summed E-state index contributed by atoms with van der Waals surface area (Å²) in [4.78, 5) is 31.4. The summed E-state index contributed by atoms with van der Waals surface area (Å²) in [5.74, 6) is -0.207. The van der Waals surface area contributed by atoms with Gasteiger partial charge in [0.15, 0.2) is 0 Å². The Morgan fingerprint density at radius 2 is 1.74 bits per heavy atom. The molecule has 1 atom stereocenters. The van der Waals surface area contributed by atoms with Crippen LogP contribution in [0.5, 0.6) is 11.5 Å². The number of aromatic nitrogens is 1. The van der Waals surface area contributed by atoms with Crippen molar-refractivity contribution in [3.05, 3.63) is 100 Å². The number of H-pyrrole nitrogens is 1. The minimum atomic E-state index is -0.763. The second-order valence-electron chi connectivity index (χ2n) is 8.98. The predicted octanol–water partition coefficient (Wildman–Crippen LogP) is 5.89. The van der Waals surface area contributed by atoms with Crippen molar-refractivity contribution in [1.82, 2.24) is 9.88 Å². The third kappa shape index (κ3) is 4.73. The Labute approximate surface area is 225 Å². The molecule has 0 spiro atoms. The molecule has 1 saturated heterocycles. The van der Waals surface area contributed by atoms with Crippen molar-refractivity contribution in [2.45, 2.75) is 19.4 Å². The fourth-order valence-corrected chi connectivity index (χ4v) is 4.99. The standard InChI is InChI=1S/C30H27ClN2O5/c1-3-38-22-10-6-18(7-11-22)27-26(28(34)19-4-8-21(31)9-5-19)29(35)30(36)33(27)15-14-20-17-32-25-13-12-23(37-2)16-24(20)25/h4-13,16-17,27,32,34H,3,14-15H2,1-2H3/b28-26-. The van der Waals surface area contributed by atoms with E-state index in [1.807, 2.05) is 43.5 Å². The van der Waals surface area contributed by atoms with Gasteiger partial charge in [-0.1, -0.05) is 23.7 Å². The van der Waals surface area contributed by atoms with Crippen LogP contribution in [-0.2, 0) is 16.0 Å². The number of benzene rings is 3. The van der Waals surface area contributed by atoms with Gasteiger partial charge in [-0.3, -0.25) is 9.59 Å². The van der Waals surface area contributed by atoms with E-state index in [-0.39, 0.29) is 17.9 Å². The summed E-state index contributed by atoms with van der Waals surface area (Å²) < 4.78 is 10.9. The third-order valence-corrected chi connectivity index (χ3v) is 7.01. The van der Waals surface area contributed by atoms with E-state index < -0.39 is 17.7 Å². The molecular formula is C30H27ClN2O5. The minimum Gasteiger partial charge on any atom is -0.507 e. The van der Waals surface area contributed by atoms with Gasteiger partial charge in [0.05, 0.1) is 25.3 Å². The van der Waals surface area contributed by atoms with Crippen molar-refractivity contribution >= 4 is 40.0 Å². The molecule has 1 fully saturated rings. The summed E-state index contributed by atoms with van der Waals surface area (Å²) in [5, 5.41) is 12.7. The Kier molecular flexibility index (Phi) is 7.11. The molecule has 1 unspecified atom stereocenters. The summed E-state index contributed by atoms with van der Waals surface area (Å²) in [6.07, 6.45) is 2.40. The van der Waals surface area contributed by atoms with Crippen molar-refractivity contribution in [1.29, 1.82) is 0 Å². The van der Waals surface area contributed by atoms with Crippen LogP contribution in [0.4, 0.5) is 0 Å².